The highest BCUT2D eigenvalue weighted by molar-refractivity contribution is 7.93. The number of methoxy groups -OCH3 is 1. The number of sulfonamides is 1. The Morgan fingerprint density at radius 3 is 2.33 bits per heavy atom. The molecule has 1 heterocycles. The molecule has 1 N–H and O–H groups in total. The van der Waals surface area contributed by atoms with E-state index in [9.17, 15) is 21.6 Å². The van der Waals surface area contributed by atoms with Gasteiger partial charge in [0.1, 0.15) is 14.7 Å². The summed E-state index contributed by atoms with van der Waals surface area (Å²) in [6.07, 6.45) is 0.906. The van der Waals surface area contributed by atoms with Crippen molar-refractivity contribution in [3.05, 3.63) is 39.5 Å². The Bertz CT molecular complexity index is 994. The molecule has 0 unspecified atom stereocenters. The fourth-order valence-electron chi connectivity index (χ4n) is 1.81. The van der Waals surface area contributed by atoms with Crippen LogP contribution in [-0.2, 0) is 24.6 Å². The number of benzene rings is 1. The van der Waals surface area contributed by atoms with E-state index in [1.54, 1.807) is 6.07 Å². The Labute approximate surface area is 148 Å². The number of anilines is 1. The van der Waals surface area contributed by atoms with Crippen molar-refractivity contribution in [1.29, 1.82) is 0 Å². The molecule has 24 heavy (non-hydrogen) atoms. The van der Waals surface area contributed by atoms with E-state index in [2.05, 4.69) is 9.46 Å². The molecule has 0 fully saturated rings. The monoisotopic (exact) mass is 409 g/mol. The maximum absolute atomic E-state index is 12.5. The summed E-state index contributed by atoms with van der Waals surface area (Å²) >= 11 is 6.64. The first-order valence-electron chi connectivity index (χ1n) is 6.25. The van der Waals surface area contributed by atoms with E-state index in [1.807, 2.05) is 0 Å². The first kappa shape index (κ1) is 18.7. The highest BCUT2D eigenvalue weighted by Gasteiger charge is 2.28. The Morgan fingerprint density at radius 2 is 1.79 bits per heavy atom. The van der Waals surface area contributed by atoms with Crippen molar-refractivity contribution in [1.82, 2.24) is 0 Å². The van der Waals surface area contributed by atoms with Gasteiger partial charge in [-0.1, -0.05) is 23.7 Å². The average molecular weight is 410 g/mol. The molecule has 0 aliphatic carbocycles. The van der Waals surface area contributed by atoms with Crippen LogP contribution in [0.25, 0.3) is 0 Å². The number of hydrogen-bond acceptors (Lipinski definition) is 7. The molecule has 0 aliphatic heterocycles. The van der Waals surface area contributed by atoms with Crippen LogP contribution in [0.2, 0.25) is 5.02 Å². The number of ether oxygens (including phenoxy) is 1. The Morgan fingerprint density at radius 1 is 1.17 bits per heavy atom. The topological polar surface area (TPSA) is 107 Å². The molecule has 2 rings (SSSR count). The van der Waals surface area contributed by atoms with Gasteiger partial charge in [0.25, 0.3) is 10.0 Å². The van der Waals surface area contributed by atoms with Gasteiger partial charge in [-0.15, -0.1) is 11.3 Å². The predicted octanol–water partition coefficient (Wildman–Crippen LogP) is 2.39. The van der Waals surface area contributed by atoms with Crippen LogP contribution in [0.3, 0.4) is 0 Å². The second-order valence-corrected chi connectivity index (χ2v) is 9.53. The molecular weight excluding hydrogens is 398 g/mol. The second kappa shape index (κ2) is 6.71. The first-order chi connectivity index (χ1) is 11.1. The van der Waals surface area contributed by atoms with Gasteiger partial charge in [0, 0.05) is 11.6 Å². The first-order valence-corrected chi connectivity index (χ1v) is 10.9. The highest BCUT2D eigenvalue weighted by Crippen LogP contribution is 2.35. The molecule has 0 radical (unpaired) electrons. The zero-order valence-electron chi connectivity index (χ0n) is 12.4. The number of thiophene rings is 1. The van der Waals surface area contributed by atoms with Gasteiger partial charge in [0.15, 0.2) is 9.84 Å². The van der Waals surface area contributed by atoms with Crippen LogP contribution < -0.4 is 4.72 Å². The van der Waals surface area contributed by atoms with E-state index < -0.39 is 25.8 Å². The van der Waals surface area contributed by atoms with Crippen molar-refractivity contribution < 1.29 is 26.4 Å². The molecule has 1 aromatic carbocycles. The lowest BCUT2D eigenvalue weighted by Gasteiger charge is -2.11. The van der Waals surface area contributed by atoms with E-state index in [1.165, 1.54) is 23.6 Å². The largest absolute Gasteiger partial charge is 0.465 e. The number of rotatable bonds is 5. The van der Waals surface area contributed by atoms with Gasteiger partial charge in [0.2, 0.25) is 0 Å². The molecule has 0 bridgehead atoms. The number of nitrogens with one attached hydrogen (secondary N) is 1. The maximum Gasteiger partial charge on any atom is 0.350 e. The fraction of sp³-hybridized carbons (Fsp3) is 0.154. The van der Waals surface area contributed by atoms with Crippen LogP contribution in [0.15, 0.2) is 39.4 Å². The molecule has 0 spiro atoms. The number of esters is 1. The van der Waals surface area contributed by atoms with Crippen molar-refractivity contribution in [2.75, 3.05) is 18.1 Å². The van der Waals surface area contributed by atoms with Crippen molar-refractivity contribution in [3.63, 3.8) is 0 Å². The number of hydrogen-bond donors (Lipinski definition) is 1. The summed E-state index contributed by atoms with van der Waals surface area (Å²) in [5, 5.41) is 1.13. The van der Waals surface area contributed by atoms with Gasteiger partial charge in [0.05, 0.1) is 17.8 Å². The molecular formula is C13H12ClNO6S3. The highest BCUT2D eigenvalue weighted by atomic mass is 35.5. The summed E-state index contributed by atoms with van der Waals surface area (Å²) < 4.78 is 55.5. The van der Waals surface area contributed by atoms with Gasteiger partial charge >= 0.3 is 5.97 Å². The molecule has 130 valence electrons. The Kier molecular flexibility index (Phi) is 5.23. The smallest absolute Gasteiger partial charge is 0.350 e. The van der Waals surface area contributed by atoms with Crippen LogP contribution in [0, 0.1) is 0 Å². The maximum atomic E-state index is 12.5. The number of carbonyl (C=O) groups is 1. The Hall–Kier alpha value is -1.62. The lowest BCUT2D eigenvalue weighted by Crippen LogP contribution is -2.17. The number of carbonyl (C=O) groups excluding carboxylic acids is 1. The number of sulfone groups is 1. The van der Waals surface area contributed by atoms with Gasteiger partial charge in [-0.25, -0.2) is 21.6 Å². The van der Waals surface area contributed by atoms with Crippen LogP contribution in [0.5, 0.6) is 0 Å². The zero-order chi connectivity index (χ0) is 18.1. The fourth-order valence-corrected chi connectivity index (χ4v) is 5.78. The molecule has 0 amide bonds. The minimum absolute atomic E-state index is 0.0410. The third-order valence-electron chi connectivity index (χ3n) is 2.89. The molecule has 0 atom stereocenters. The SMILES string of the molecule is COC(=O)c1scc(S(C)(=O)=O)c1NS(=O)(=O)c1ccccc1Cl. The summed E-state index contributed by atoms with van der Waals surface area (Å²) in [6.45, 7) is 0. The minimum Gasteiger partial charge on any atom is -0.465 e. The average Bonchev–Trinajstić information content (AvgIpc) is 2.89. The molecule has 2 aromatic rings. The summed E-state index contributed by atoms with van der Waals surface area (Å²) in [5.41, 5.74) is -0.353. The molecule has 1 aromatic heterocycles. The minimum atomic E-state index is -4.21. The number of halogens is 1. The lowest BCUT2D eigenvalue weighted by atomic mass is 10.4. The molecule has 7 nitrogen and oxygen atoms in total. The standard InChI is InChI=1S/C13H12ClNO6S3/c1-21-13(16)12-11(10(7-22-12)23(2,17)18)15-24(19,20)9-6-4-3-5-8(9)14/h3-7,15H,1-2H3. The normalized spacial score (nSPS) is 12.0. The van der Waals surface area contributed by atoms with E-state index in [0.29, 0.717) is 0 Å². The van der Waals surface area contributed by atoms with Crippen LogP contribution >= 0.6 is 22.9 Å². The van der Waals surface area contributed by atoms with Crippen LogP contribution in [-0.4, -0.2) is 36.2 Å². The van der Waals surface area contributed by atoms with Crippen molar-refractivity contribution in [3.8, 4) is 0 Å². The summed E-state index contributed by atoms with van der Waals surface area (Å²) in [7, 11) is -6.88. The van der Waals surface area contributed by atoms with E-state index in [0.717, 1.165) is 24.7 Å². The van der Waals surface area contributed by atoms with Crippen molar-refractivity contribution >= 4 is 54.5 Å². The Balaban J connectivity index is 2.62. The molecule has 0 saturated carbocycles. The van der Waals surface area contributed by atoms with Gasteiger partial charge in [-0.3, -0.25) is 4.72 Å². The van der Waals surface area contributed by atoms with Gasteiger partial charge in [-0.2, -0.15) is 0 Å². The van der Waals surface area contributed by atoms with Crippen LogP contribution in [0.4, 0.5) is 5.69 Å². The van der Waals surface area contributed by atoms with Crippen molar-refractivity contribution in [2.45, 2.75) is 9.79 Å². The van der Waals surface area contributed by atoms with Crippen LogP contribution in [0.1, 0.15) is 9.67 Å². The molecule has 11 heteroatoms. The van der Waals surface area contributed by atoms with Gasteiger partial charge < -0.3 is 4.74 Å². The summed E-state index contributed by atoms with van der Waals surface area (Å²) in [4.78, 5) is 11.1. The predicted molar refractivity (Wildman–Crippen MR) is 91.0 cm³/mol. The van der Waals surface area contributed by atoms with E-state index in [4.69, 9.17) is 11.6 Å². The van der Waals surface area contributed by atoms with Gasteiger partial charge in [-0.05, 0) is 12.1 Å². The van der Waals surface area contributed by atoms with E-state index >= 15 is 0 Å². The van der Waals surface area contributed by atoms with Crippen molar-refractivity contribution in [2.24, 2.45) is 0 Å². The lowest BCUT2D eigenvalue weighted by molar-refractivity contribution is 0.0607. The molecule has 0 aliphatic rings. The third-order valence-corrected chi connectivity index (χ3v) is 6.97. The third kappa shape index (κ3) is 3.72. The summed E-state index contributed by atoms with van der Waals surface area (Å²) in [6, 6.07) is 5.65. The molecule has 0 saturated heterocycles. The summed E-state index contributed by atoms with van der Waals surface area (Å²) in [5.74, 6) is -0.855. The second-order valence-electron chi connectivity index (χ2n) is 4.60. The zero-order valence-corrected chi connectivity index (χ0v) is 15.6. The quantitative estimate of drug-likeness (QED) is 0.760. The van der Waals surface area contributed by atoms with E-state index in [-0.39, 0.29) is 25.4 Å².